The van der Waals surface area contributed by atoms with Gasteiger partial charge >= 0.3 is 0 Å². The number of fused-ring (bicyclic) bond motifs is 1. The summed E-state index contributed by atoms with van der Waals surface area (Å²) < 4.78 is 10.8. The SMILES string of the molecule is COc1cc(N)c2c(NC(C)(C)C)nccc2c1OC. The fourth-order valence-corrected chi connectivity index (χ4v) is 2.17. The number of nitrogens with zero attached hydrogens (tertiary/aromatic N) is 1. The molecule has 20 heavy (non-hydrogen) atoms. The molecule has 0 unspecified atom stereocenters. The third-order valence-corrected chi connectivity index (χ3v) is 2.91. The number of rotatable bonds is 3. The molecule has 0 spiro atoms. The first-order chi connectivity index (χ1) is 9.37. The number of methoxy groups -OCH3 is 2. The molecular formula is C15H21N3O2. The minimum atomic E-state index is -0.110. The minimum absolute atomic E-state index is 0.110. The molecule has 2 aromatic rings. The van der Waals surface area contributed by atoms with Gasteiger partial charge in [-0.1, -0.05) is 0 Å². The molecule has 0 amide bonds. The van der Waals surface area contributed by atoms with Gasteiger partial charge in [0, 0.05) is 28.9 Å². The number of anilines is 2. The van der Waals surface area contributed by atoms with Crippen molar-refractivity contribution in [3.8, 4) is 11.5 Å². The van der Waals surface area contributed by atoms with Gasteiger partial charge in [-0.05, 0) is 26.8 Å². The molecule has 0 bridgehead atoms. The quantitative estimate of drug-likeness (QED) is 0.843. The zero-order valence-electron chi connectivity index (χ0n) is 12.6. The van der Waals surface area contributed by atoms with Gasteiger partial charge in [-0.2, -0.15) is 0 Å². The molecule has 2 rings (SSSR count). The average molecular weight is 275 g/mol. The monoisotopic (exact) mass is 275 g/mol. The second-order valence-electron chi connectivity index (χ2n) is 5.66. The van der Waals surface area contributed by atoms with E-state index >= 15 is 0 Å². The van der Waals surface area contributed by atoms with E-state index in [1.807, 2.05) is 6.07 Å². The molecule has 0 atom stereocenters. The number of pyridine rings is 1. The normalized spacial score (nSPS) is 11.4. The zero-order chi connectivity index (χ0) is 14.9. The van der Waals surface area contributed by atoms with Crippen molar-refractivity contribution in [3.63, 3.8) is 0 Å². The maximum Gasteiger partial charge on any atom is 0.168 e. The summed E-state index contributed by atoms with van der Waals surface area (Å²) in [6.45, 7) is 6.22. The number of nitrogens with two attached hydrogens (primary N) is 1. The summed E-state index contributed by atoms with van der Waals surface area (Å²) >= 11 is 0. The van der Waals surface area contributed by atoms with Crippen molar-refractivity contribution in [1.82, 2.24) is 4.98 Å². The van der Waals surface area contributed by atoms with Crippen LogP contribution in [-0.4, -0.2) is 24.7 Å². The number of ether oxygens (including phenoxy) is 2. The van der Waals surface area contributed by atoms with E-state index in [0.717, 1.165) is 16.6 Å². The molecule has 3 N–H and O–H groups in total. The molecule has 5 heteroatoms. The van der Waals surface area contributed by atoms with Gasteiger partial charge in [0.15, 0.2) is 11.5 Å². The van der Waals surface area contributed by atoms with Crippen molar-refractivity contribution in [2.45, 2.75) is 26.3 Å². The summed E-state index contributed by atoms with van der Waals surface area (Å²) in [5.74, 6) is 2.02. The Kier molecular flexibility index (Phi) is 3.61. The third-order valence-electron chi connectivity index (χ3n) is 2.91. The van der Waals surface area contributed by atoms with Gasteiger partial charge in [0.25, 0.3) is 0 Å². The lowest BCUT2D eigenvalue weighted by Crippen LogP contribution is -2.26. The number of hydrogen-bond donors (Lipinski definition) is 2. The lowest BCUT2D eigenvalue weighted by atomic mass is 10.1. The van der Waals surface area contributed by atoms with Crippen LogP contribution in [0.5, 0.6) is 11.5 Å². The largest absolute Gasteiger partial charge is 0.493 e. The second-order valence-corrected chi connectivity index (χ2v) is 5.66. The first-order valence-corrected chi connectivity index (χ1v) is 6.44. The van der Waals surface area contributed by atoms with Gasteiger partial charge in [0.1, 0.15) is 5.82 Å². The van der Waals surface area contributed by atoms with Crippen LogP contribution in [0, 0.1) is 0 Å². The van der Waals surface area contributed by atoms with E-state index in [4.69, 9.17) is 15.2 Å². The zero-order valence-corrected chi connectivity index (χ0v) is 12.6. The predicted octanol–water partition coefficient (Wildman–Crippen LogP) is 3.04. The lowest BCUT2D eigenvalue weighted by Gasteiger charge is -2.23. The Bertz CT molecular complexity index is 633. The Morgan fingerprint density at radius 1 is 1.20 bits per heavy atom. The van der Waals surface area contributed by atoms with Crippen LogP contribution in [0.25, 0.3) is 10.8 Å². The van der Waals surface area contributed by atoms with Crippen LogP contribution in [0.1, 0.15) is 20.8 Å². The van der Waals surface area contributed by atoms with Gasteiger partial charge in [-0.15, -0.1) is 0 Å². The molecular weight excluding hydrogens is 254 g/mol. The summed E-state index contributed by atoms with van der Waals surface area (Å²) in [4.78, 5) is 4.40. The number of hydrogen-bond acceptors (Lipinski definition) is 5. The van der Waals surface area contributed by atoms with Gasteiger partial charge < -0.3 is 20.5 Å². The van der Waals surface area contributed by atoms with Crippen molar-refractivity contribution in [3.05, 3.63) is 18.3 Å². The molecule has 108 valence electrons. The summed E-state index contributed by atoms with van der Waals surface area (Å²) in [5, 5.41) is 5.09. The van der Waals surface area contributed by atoms with Gasteiger partial charge in [0.05, 0.1) is 19.6 Å². The summed E-state index contributed by atoms with van der Waals surface area (Å²) in [5.41, 5.74) is 6.66. The number of nitrogen functional groups attached to an aromatic ring is 1. The van der Waals surface area contributed by atoms with E-state index < -0.39 is 0 Å². The molecule has 1 heterocycles. The Morgan fingerprint density at radius 3 is 2.45 bits per heavy atom. The van der Waals surface area contributed by atoms with Crippen LogP contribution in [0.4, 0.5) is 11.5 Å². The fraction of sp³-hybridized carbons (Fsp3) is 0.400. The lowest BCUT2D eigenvalue weighted by molar-refractivity contribution is 0.359. The van der Waals surface area contributed by atoms with E-state index in [1.165, 1.54) is 0 Å². The maximum absolute atomic E-state index is 6.16. The maximum atomic E-state index is 6.16. The molecule has 0 aliphatic heterocycles. The van der Waals surface area contributed by atoms with E-state index in [0.29, 0.717) is 17.2 Å². The van der Waals surface area contributed by atoms with Crippen molar-refractivity contribution in [1.29, 1.82) is 0 Å². The van der Waals surface area contributed by atoms with Crippen LogP contribution in [0.15, 0.2) is 18.3 Å². The molecule has 1 aromatic carbocycles. The third kappa shape index (κ3) is 2.57. The van der Waals surface area contributed by atoms with Crippen molar-refractivity contribution >= 4 is 22.3 Å². The van der Waals surface area contributed by atoms with Crippen LogP contribution < -0.4 is 20.5 Å². The number of aromatic nitrogens is 1. The van der Waals surface area contributed by atoms with Crippen LogP contribution >= 0.6 is 0 Å². The van der Waals surface area contributed by atoms with Gasteiger partial charge in [-0.25, -0.2) is 4.98 Å². The van der Waals surface area contributed by atoms with E-state index in [2.05, 4.69) is 31.1 Å². The molecule has 0 aliphatic carbocycles. The minimum Gasteiger partial charge on any atom is -0.493 e. The summed E-state index contributed by atoms with van der Waals surface area (Å²) in [6, 6.07) is 3.64. The highest BCUT2D eigenvalue weighted by atomic mass is 16.5. The molecule has 0 saturated heterocycles. The highest BCUT2D eigenvalue weighted by molar-refractivity contribution is 6.05. The van der Waals surface area contributed by atoms with Gasteiger partial charge in [-0.3, -0.25) is 0 Å². The first-order valence-electron chi connectivity index (χ1n) is 6.44. The molecule has 0 radical (unpaired) electrons. The smallest absolute Gasteiger partial charge is 0.168 e. The van der Waals surface area contributed by atoms with Crippen molar-refractivity contribution < 1.29 is 9.47 Å². The van der Waals surface area contributed by atoms with E-state index in [1.54, 1.807) is 26.5 Å². The summed E-state index contributed by atoms with van der Waals surface area (Å²) in [7, 11) is 3.21. The Balaban J connectivity index is 2.75. The van der Waals surface area contributed by atoms with Crippen LogP contribution in [-0.2, 0) is 0 Å². The van der Waals surface area contributed by atoms with E-state index in [-0.39, 0.29) is 5.54 Å². The van der Waals surface area contributed by atoms with Crippen LogP contribution in [0.3, 0.4) is 0 Å². The number of nitrogens with one attached hydrogen (secondary N) is 1. The molecule has 1 aromatic heterocycles. The number of benzene rings is 1. The predicted molar refractivity (Wildman–Crippen MR) is 82.6 cm³/mol. The molecule has 0 aliphatic rings. The topological polar surface area (TPSA) is 69.4 Å². The van der Waals surface area contributed by atoms with Crippen molar-refractivity contribution in [2.75, 3.05) is 25.3 Å². The second kappa shape index (κ2) is 5.07. The van der Waals surface area contributed by atoms with E-state index in [9.17, 15) is 0 Å². The highest BCUT2D eigenvalue weighted by Crippen LogP contribution is 2.41. The Labute approximate surface area is 119 Å². The van der Waals surface area contributed by atoms with Gasteiger partial charge in [0.2, 0.25) is 0 Å². The average Bonchev–Trinajstić information content (AvgIpc) is 2.36. The Morgan fingerprint density at radius 2 is 1.90 bits per heavy atom. The fourth-order valence-electron chi connectivity index (χ4n) is 2.17. The molecule has 0 fully saturated rings. The summed E-state index contributed by atoms with van der Waals surface area (Å²) in [6.07, 6.45) is 1.73. The highest BCUT2D eigenvalue weighted by Gasteiger charge is 2.18. The van der Waals surface area contributed by atoms with Crippen LogP contribution in [0.2, 0.25) is 0 Å². The molecule has 0 saturated carbocycles. The Hall–Kier alpha value is -2.17. The molecule has 5 nitrogen and oxygen atoms in total. The van der Waals surface area contributed by atoms with Crippen molar-refractivity contribution in [2.24, 2.45) is 0 Å². The first kappa shape index (κ1) is 14.2. The standard InChI is InChI=1S/C15H21N3O2/c1-15(2,3)18-14-12-9(6-7-17-14)13(20-5)11(19-4)8-10(12)16/h6-8H,16H2,1-5H3,(H,17,18).